The molecule has 0 saturated carbocycles. The summed E-state index contributed by atoms with van der Waals surface area (Å²) in [5, 5.41) is 20.5. The summed E-state index contributed by atoms with van der Waals surface area (Å²) >= 11 is 1.37. The Balaban J connectivity index is 2.14. The number of aromatic nitrogens is 3. The molecule has 0 spiro atoms. The van der Waals surface area contributed by atoms with Gasteiger partial charge in [-0.15, -0.1) is 10.2 Å². The standard InChI is InChI=1S/C17H21N5OS/c1-3-13(2)22-16(14-8-5-4-6-9-14)20-21-17(22)24-12-15(23)19-11-7-10-18/h4-6,8-9,13H,3,7,11-12H2,1-2H3,(H,19,23). The second kappa shape index (κ2) is 9.08. The number of amides is 1. The van der Waals surface area contributed by atoms with E-state index in [0.717, 1.165) is 23.0 Å². The van der Waals surface area contributed by atoms with Gasteiger partial charge in [-0.2, -0.15) is 5.26 Å². The highest BCUT2D eigenvalue weighted by Gasteiger charge is 2.18. The Hall–Kier alpha value is -2.33. The summed E-state index contributed by atoms with van der Waals surface area (Å²) in [6.45, 7) is 4.61. The number of carbonyl (C=O) groups excluding carboxylic acids is 1. The molecule has 0 bridgehead atoms. The molecule has 1 amide bonds. The smallest absolute Gasteiger partial charge is 0.230 e. The van der Waals surface area contributed by atoms with Crippen LogP contribution in [0.25, 0.3) is 11.4 Å². The van der Waals surface area contributed by atoms with E-state index in [1.807, 2.05) is 36.4 Å². The van der Waals surface area contributed by atoms with Crippen molar-refractivity contribution in [1.82, 2.24) is 20.1 Å². The maximum atomic E-state index is 11.8. The van der Waals surface area contributed by atoms with Gasteiger partial charge in [-0.1, -0.05) is 49.0 Å². The van der Waals surface area contributed by atoms with Crippen LogP contribution in [0.1, 0.15) is 32.7 Å². The molecule has 6 nitrogen and oxygen atoms in total. The van der Waals surface area contributed by atoms with Crippen molar-refractivity contribution in [2.75, 3.05) is 12.3 Å². The molecule has 126 valence electrons. The zero-order valence-electron chi connectivity index (χ0n) is 13.9. The van der Waals surface area contributed by atoms with E-state index in [1.165, 1.54) is 11.8 Å². The molecule has 2 aromatic rings. The number of benzene rings is 1. The summed E-state index contributed by atoms with van der Waals surface area (Å²) in [6.07, 6.45) is 1.26. The molecule has 0 aliphatic heterocycles. The molecule has 2 rings (SSSR count). The van der Waals surface area contributed by atoms with E-state index < -0.39 is 0 Å². The van der Waals surface area contributed by atoms with Crippen LogP contribution >= 0.6 is 11.8 Å². The predicted molar refractivity (Wildman–Crippen MR) is 94.4 cm³/mol. The Morgan fingerprint density at radius 3 is 2.79 bits per heavy atom. The summed E-state index contributed by atoms with van der Waals surface area (Å²) in [6, 6.07) is 12.2. The molecule has 1 aromatic carbocycles. The van der Waals surface area contributed by atoms with Crippen LogP contribution in [0.3, 0.4) is 0 Å². The topological polar surface area (TPSA) is 83.6 Å². The zero-order chi connectivity index (χ0) is 17.4. The lowest BCUT2D eigenvalue weighted by atomic mass is 10.2. The van der Waals surface area contributed by atoms with E-state index in [2.05, 4.69) is 33.9 Å². The fourth-order valence-electron chi connectivity index (χ4n) is 2.18. The predicted octanol–water partition coefficient (Wildman–Crippen LogP) is 3.04. The molecular weight excluding hydrogens is 322 g/mol. The average molecular weight is 343 g/mol. The molecule has 0 aliphatic carbocycles. The lowest BCUT2D eigenvalue weighted by Crippen LogP contribution is -2.26. The minimum atomic E-state index is -0.102. The fourth-order valence-corrected chi connectivity index (χ4v) is 3.04. The summed E-state index contributed by atoms with van der Waals surface area (Å²) in [5.74, 6) is 0.974. The monoisotopic (exact) mass is 343 g/mol. The lowest BCUT2D eigenvalue weighted by molar-refractivity contribution is -0.118. The van der Waals surface area contributed by atoms with E-state index in [1.54, 1.807) is 0 Å². The van der Waals surface area contributed by atoms with E-state index in [0.29, 0.717) is 13.0 Å². The molecule has 1 atom stereocenters. The maximum Gasteiger partial charge on any atom is 0.230 e. The molecule has 1 aromatic heterocycles. The third-order valence-electron chi connectivity index (χ3n) is 3.62. The van der Waals surface area contributed by atoms with E-state index in [4.69, 9.17) is 5.26 Å². The largest absolute Gasteiger partial charge is 0.354 e. The Bertz CT molecular complexity index is 708. The molecule has 0 fully saturated rings. The van der Waals surface area contributed by atoms with Crippen molar-refractivity contribution in [3.8, 4) is 17.5 Å². The van der Waals surface area contributed by atoms with Crippen LogP contribution in [0.5, 0.6) is 0 Å². The minimum Gasteiger partial charge on any atom is -0.354 e. The molecule has 1 heterocycles. The number of nitrogens with one attached hydrogen (secondary N) is 1. The first-order chi connectivity index (χ1) is 11.7. The van der Waals surface area contributed by atoms with Gasteiger partial charge in [0.15, 0.2) is 11.0 Å². The number of carbonyl (C=O) groups is 1. The van der Waals surface area contributed by atoms with Gasteiger partial charge in [0.1, 0.15) is 0 Å². The van der Waals surface area contributed by atoms with Crippen molar-refractivity contribution >= 4 is 17.7 Å². The highest BCUT2D eigenvalue weighted by Crippen LogP contribution is 2.28. The molecule has 0 saturated heterocycles. The van der Waals surface area contributed by atoms with Crippen LogP contribution < -0.4 is 5.32 Å². The van der Waals surface area contributed by atoms with E-state index >= 15 is 0 Å². The van der Waals surface area contributed by atoms with Crippen LogP contribution in [0.2, 0.25) is 0 Å². The number of rotatable bonds is 8. The third kappa shape index (κ3) is 4.59. The molecular formula is C17H21N5OS. The van der Waals surface area contributed by atoms with Gasteiger partial charge < -0.3 is 5.32 Å². The van der Waals surface area contributed by atoms with Gasteiger partial charge in [-0.3, -0.25) is 9.36 Å². The first kappa shape index (κ1) is 18.0. The van der Waals surface area contributed by atoms with Gasteiger partial charge in [-0.05, 0) is 13.3 Å². The summed E-state index contributed by atoms with van der Waals surface area (Å²) in [4.78, 5) is 11.8. The second-order valence-electron chi connectivity index (χ2n) is 5.35. The molecule has 0 aliphatic rings. The number of nitriles is 1. The fraction of sp³-hybridized carbons (Fsp3) is 0.412. The van der Waals surface area contributed by atoms with Gasteiger partial charge in [0, 0.05) is 18.2 Å². The SMILES string of the molecule is CCC(C)n1c(SCC(=O)NCCC#N)nnc1-c1ccccc1. The van der Waals surface area contributed by atoms with Crippen molar-refractivity contribution in [2.45, 2.75) is 37.9 Å². The Kier molecular flexibility index (Phi) is 6.82. The van der Waals surface area contributed by atoms with Crippen molar-refractivity contribution in [1.29, 1.82) is 5.26 Å². The van der Waals surface area contributed by atoms with E-state index in [-0.39, 0.29) is 17.7 Å². The number of hydrogen-bond acceptors (Lipinski definition) is 5. The maximum absolute atomic E-state index is 11.8. The normalized spacial score (nSPS) is 11.7. The quantitative estimate of drug-likeness (QED) is 0.588. The Morgan fingerprint density at radius 1 is 1.38 bits per heavy atom. The van der Waals surface area contributed by atoms with Gasteiger partial charge in [0.2, 0.25) is 5.91 Å². The zero-order valence-corrected chi connectivity index (χ0v) is 14.7. The van der Waals surface area contributed by atoms with E-state index in [9.17, 15) is 4.79 Å². The number of thioether (sulfide) groups is 1. The highest BCUT2D eigenvalue weighted by molar-refractivity contribution is 7.99. The van der Waals surface area contributed by atoms with Crippen LogP contribution in [0, 0.1) is 11.3 Å². The Labute approximate surface area is 146 Å². The third-order valence-corrected chi connectivity index (χ3v) is 4.56. The summed E-state index contributed by atoms with van der Waals surface area (Å²) in [5.41, 5.74) is 1.01. The number of nitrogens with zero attached hydrogens (tertiary/aromatic N) is 4. The first-order valence-corrected chi connectivity index (χ1v) is 8.92. The average Bonchev–Trinajstić information content (AvgIpc) is 3.04. The van der Waals surface area contributed by atoms with Crippen LogP contribution in [0.15, 0.2) is 35.5 Å². The summed E-state index contributed by atoms with van der Waals surface area (Å²) < 4.78 is 2.09. The van der Waals surface area contributed by atoms with Gasteiger partial charge in [0.25, 0.3) is 0 Å². The van der Waals surface area contributed by atoms with Crippen molar-refractivity contribution in [3.63, 3.8) is 0 Å². The molecule has 0 radical (unpaired) electrons. The molecule has 24 heavy (non-hydrogen) atoms. The van der Waals surface area contributed by atoms with Crippen LogP contribution in [-0.2, 0) is 4.79 Å². The van der Waals surface area contributed by atoms with Gasteiger partial charge >= 0.3 is 0 Å². The van der Waals surface area contributed by atoms with Crippen molar-refractivity contribution in [3.05, 3.63) is 30.3 Å². The lowest BCUT2D eigenvalue weighted by Gasteiger charge is -2.16. The highest BCUT2D eigenvalue weighted by atomic mass is 32.2. The minimum absolute atomic E-state index is 0.102. The van der Waals surface area contributed by atoms with Crippen LogP contribution in [0.4, 0.5) is 0 Å². The van der Waals surface area contributed by atoms with Crippen molar-refractivity contribution < 1.29 is 4.79 Å². The number of hydrogen-bond donors (Lipinski definition) is 1. The second-order valence-corrected chi connectivity index (χ2v) is 6.29. The van der Waals surface area contributed by atoms with Crippen LogP contribution in [-0.4, -0.2) is 33.0 Å². The molecule has 1 N–H and O–H groups in total. The van der Waals surface area contributed by atoms with Gasteiger partial charge in [-0.25, -0.2) is 0 Å². The molecule has 7 heteroatoms. The Morgan fingerprint density at radius 2 is 2.12 bits per heavy atom. The molecule has 1 unspecified atom stereocenters. The van der Waals surface area contributed by atoms with Gasteiger partial charge in [0.05, 0.1) is 18.2 Å². The summed E-state index contributed by atoms with van der Waals surface area (Å²) in [7, 11) is 0. The first-order valence-electron chi connectivity index (χ1n) is 7.94. The van der Waals surface area contributed by atoms with Crippen molar-refractivity contribution in [2.24, 2.45) is 0 Å².